The maximum atomic E-state index is 5.99. The lowest BCUT2D eigenvalue weighted by molar-refractivity contribution is 0.335. The monoisotopic (exact) mass is 265 g/mol. The molecule has 0 spiro atoms. The Hall–Kier alpha value is -1.39. The topological polar surface area (TPSA) is 64.9 Å². The Kier molecular flexibility index (Phi) is 3.99. The zero-order chi connectivity index (χ0) is 13.1. The first-order valence-corrected chi connectivity index (χ1v) is 6.29. The molecule has 18 heavy (non-hydrogen) atoms. The van der Waals surface area contributed by atoms with E-state index in [2.05, 4.69) is 24.0 Å². The SMILES string of the molecule is CC(C)C[C@@H](N)c1nc(-c2ccc(Cl)cc2)no1. The van der Waals surface area contributed by atoms with Crippen molar-refractivity contribution in [2.75, 3.05) is 0 Å². The first-order valence-electron chi connectivity index (χ1n) is 5.91. The second kappa shape index (κ2) is 5.50. The number of benzene rings is 1. The molecule has 5 heteroatoms. The lowest BCUT2D eigenvalue weighted by Gasteiger charge is -2.08. The van der Waals surface area contributed by atoms with E-state index in [0.29, 0.717) is 22.7 Å². The van der Waals surface area contributed by atoms with Crippen molar-refractivity contribution >= 4 is 11.6 Å². The number of nitrogens with zero attached hydrogens (tertiary/aromatic N) is 2. The van der Waals surface area contributed by atoms with Crippen molar-refractivity contribution in [3.8, 4) is 11.4 Å². The Morgan fingerprint density at radius 1 is 1.28 bits per heavy atom. The molecule has 0 saturated heterocycles. The summed E-state index contributed by atoms with van der Waals surface area (Å²) in [5, 5.41) is 4.61. The Labute approximate surface area is 111 Å². The molecule has 1 heterocycles. The molecular weight excluding hydrogens is 250 g/mol. The van der Waals surface area contributed by atoms with Crippen LogP contribution in [0.5, 0.6) is 0 Å². The highest BCUT2D eigenvalue weighted by molar-refractivity contribution is 6.30. The second-order valence-electron chi connectivity index (χ2n) is 4.70. The summed E-state index contributed by atoms with van der Waals surface area (Å²) >= 11 is 5.83. The highest BCUT2D eigenvalue weighted by Crippen LogP contribution is 2.22. The van der Waals surface area contributed by atoms with E-state index < -0.39 is 0 Å². The van der Waals surface area contributed by atoms with Crippen molar-refractivity contribution < 1.29 is 4.52 Å². The van der Waals surface area contributed by atoms with Crippen molar-refractivity contribution in [2.24, 2.45) is 11.7 Å². The Balaban J connectivity index is 2.17. The summed E-state index contributed by atoms with van der Waals surface area (Å²) in [6.45, 7) is 4.21. The van der Waals surface area contributed by atoms with E-state index in [1.54, 1.807) is 12.1 Å². The van der Waals surface area contributed by atoms with Crippen LogP contribution >= 0.6 is 11.6 Å². The molecule has 0 aliphatic heterocycles. The van der Waals surface area contributed by atoms with Gasteiger partial charge in [0.2, 0.25) is 11.7 Å². The van der Waals surface area contributed by atoms with Gasteiger partial charge < -0.3 is 10.3 Å². The van der Waals surface area contributed by atoms with Gasteiger partial charge in [0, 0.05) is 10.6 Å². The van der Waals surface area contributed by atoms with E-state index >= 15 is 0 Å². The molecule has 2 N–H and O–H groups in total. The molecule has 0 aliphatic rings. The van der Waals surface area contributed by atoms with Gasteiger partial charge in [-0.1, -0.05) is 30.6 Å². The number of hydrogen-bond donors (Lipinski definition) is 1. The fourth-order valence-electron chi connectivity index (χ4n) is 1.71. The van der Waals surface area contributed by atoms with E-state index in [1.807, 2.05) is 12.1 Å². The average molecular weight is 266 g/mol. The molecule has 0 unspecified atom stereocenters. The third-order valence-electron chi connectivity index (χ3n) is 2.59. The van der Waals surface area contributed by atoms with Crippen LogP contribution < -0.4 is 5.73 Å². The molecule has 0 radical (unpaired) electrons. The molecule has 1 aromatic heterocycles. The van der Waals surface area contributed by atoms with Crippen molar-refractivity contribution in [3.05, 3.63) is 35.2 Å². The fourth-order valence-corrected chi connectivity index (χ4v) is 1.84. The minimum atomic E-state index is -0.210. The summed E-state index contributed by atoms with van der Waals surface area (Å²) in [6, 6.07) is 7.08. The zero-order valence-electron chi connectivity index (χ0n) is 10.4. The van der Waals surface area contributed by atoms with Crippen molar-refractivity contribution in [1.29, 1.82) is 0 Å². The number of nitrogens with two attached hydrogens (primary N) is 1. The van der Waals surface area contributed by atoms with Gasteiger partial charge in [0.1, 0.15) is 0 Å². The summed E-state index contributed by atoms with van der Waals surface area (Å²) in [5.74, 6) is 1.51. The largest absolute Gasteiger partial charge is 0.337 e. The quantitative estimate of drug-likeness (QED) is 0.920. The van der Waals surface area contributed by atoms with Crippen LogP contribution in [-0.4, -0.2) is 10.1 Å². The lowest BCUT2D eigenvalue weighted by atomic mass is 10.0. The average Bonchev–Trinajstić information content (AvgIpc) is 2.78. The van der Waals surface area contributed by atoms with Crippen LogP contribution in [0, 0.1) is 5.92 Å². The van der Waals surface area contributed by atoms with Gasteiger partial charge in [-0.15, -0.1) is 0 Å². The molecule has 1 atom stereocenters. The highest BCUT2D eigenvalue weighted by atomic mass is 35.5. The van der Waals surface area contributed by atoms with Crippen LogP contribution in [0.3, 0.4) is 0 Å². The van der Waals surface area contributed by atoms with Crippen LogP contribution in [0.4, 0.5) is 0 Å². The van der Waals surface area contributed by atoms with Gasteiger partial charge in [0.15, 0.2) is 0 Å². The van der Waals surface area contributed by atoms with Gasteiger partial charge >= 0.3 is 0 Å². The van der Waals surface area contributed by atoms with E-state index in [0.717, 1.165) is 12.0 Å². The molecule has 1 aromatic carbocycles. The maximum absolute atomic E-state index is 5.99. The van der Waals surface area contributed by atoms with Gasteiger partial charge in [-0.2, -0.15) is 4.98 Å². The van der Waals surface area contributed by atoms with Crippen molar-refractivity contribution in [1.82, 2.24) is 10.1 Å². The maximum Gasteiger partial charge on any atom is 0.243 e. The van der Waals surface area contributed by atoms with E-state index in [9.17, 15) is 0 Å². The Morgan fingerprint density at radius 2 is 1.94 bits per heavy atom. The fraction of sp³-hybridized carbons (Fsp3) is 0.385. The van der Waals surface area contributed by atoms with Crippen LogP contribution in [0.1, 0.15) is 32.2 Å². The predicted molar refractivity (Wildman–Crippen MR) is 71.1 cm³/mol. The van der Waals surface area contributed by atoms with E-state index in [-0.39, 0.29) is 6.04 Å². The van der Waals surface area contributed by atoms with Gasteiger partial charge in [0.25, 0.3) is 0 Å². The minimum Gasteiger partial charge on any atom is -0.337 e. The van der Waals surface area contributed by atoms with E-state index in [4.69, 9.17) is 21.9 Å². The van der Waals surface area contributed by atoms with Gasteiger partial charge in [0.05, 0.1) is 6.04 Å². The number of aromatic nitrogens is 2. The predicted octanol–water partition coefficient (Wildman–Crippen LogP) is 3.44. The highest BCUT2D eigenvalue weighted by Gasteiger charge is 2.16. The number of halogens is 1. The zero-order valence-corrected chi connectivity index (χ0v) is 11.2. The van der Waals surface area contributed by atoms with Crippen LogP contribution in [0.25, 0.3) is 11.4 Å². The molecule has 0 fully saturated rings. The molecule has 0 bridgehead atoms. The molecule has 2 aromatic rings. The van der Waals surface area contributed by atoms with Crippen LogP contribution in [0.2, 0.25) is 5.02 Å². The Bertz CT molecular complexity index is 507. The second-order valence-corrected chi connectivity index (χ2v) is 5.14. The normalized spacial score (nSPS) is 12.9. The number of rotatable bonds is 4. The molecule has 96 valence electrons. The third kappa shape index (κ3) is 3.09. The summed E-state index contributed by atoms with van der Waals surface area (Å²) in [7, 11) is 0. The third-order valence-corrected chi connectivity index (χ3v) is 2.84. The first kappa shape index (κ1) is 13.1. The lowest BCUT2D eigenvalue weighted by Crippen LogP contribution is -2.13. The summed E-state index contributed by atoms with van der Waals surface area (Å²) in [5.41, 5.74) is 6.86. The first-order chi connectivity index (χ1) is 8.56. The van der Waals surface area contributed by atoms with Gasteiger partial charge in [-0.05, 0) is 36.6 Å². The van der Waals surface area contributed by atoms with Crippen LogP contribution in [0.15, 0.2) is 28.8 Å². The molecular formula is C13H16ClN3O. The molecule has 0 aliphatic carbocycles. The van der Waals surface area contributed by atoms with E-state index in [1.165, 1.54) is 0 Å². The Morgan fingerprint density at radius 3 is 2.56 bits per heavy atom. The minimum absolute atomic E-state index is 0.210. The summed E-state index contributed by atoms with van der Waals surface area (Å²) in [4.78, 5) is 4.32. The van der Waals surface area contributed by atoms with Crippen molar-refractivity contribution in [2.45, 2.75) is 26.3 Å². The number of hydrogen-bond acceptors (Lipinski definition) is 4. The van der Waals surface area contributed by atoms with Gasteiger partial charge in [-0.3, -0.25) is 0 Å². The van der Waals surface area contributed by atoms with Crippen LogP contribution in [-0.2, 0) is 0 Å². The standard InChI is InChI=1S/C13H16ClN3O/c1-8(2)7-11(15)13-16-12(17-18-13)9-3-5-10(14)6-4-9/h3-6,8,11H,7,15H2,1-2H3/t11-/m1/s1. The summed E-state index contributed by atoms with van der Waals surface area (Å²) < 4.78 is 5.19. The molecule has 0 amide bonds. The van der Waals surface area contributed by atoms with Gasteiger partial charge in [-0.25, -0.2) is 0 Å². The smallest absolute Gasteiger partial charge is 0.243 e. The molecule has 4 nitrogen and oxygen atoms in total. The molecule has 0 saturated carbocycles. The van der Waals surface area contributed by atoms with Crippen molar-refractivity contribution in [3.63, 3.8) is 0 Å². The molecule has 2 rings (SSSR count). The summed E-state index contributed by atoms with van der Waals surface area (Å²) in [6.07, 6.45) is 0.822.